The molecule has 1 aliphatic rings. The third-order valence-electron chi connectivity index (χ3n) is 2.03. The van der Waals surface area contributed by atoms with Crippen LogP contribution < -0.4 is 16.0 Å². The highest BCUT2D eigenvalue weighted by atomic mass is 16.2. The minimum absolute atomic E-state index is 0.147. The summed E-state index contributed by atoms with van der Waals surface area (Å²) >= 11 is 0. The predicted octanol–water partition coefficient (Wildman–Crippen LogP) is 0.367. The van der Waals surface area contributed by atoms with Crippen LogP contribution in [-0.4, -0.2) is 18.2 Å². The van der Waals surface area contributed by atoms with Crippen LogP contribution in [0.4, 0.5) is 0 Å². The van der Waals surface area contributed by atoms with Gasteiger partial charge in [-0.3, -0.25) is 9.59 Å². The van der Waals surface area contributed by atoms with E-state index in [4.69, 9.17) is 0 Å². The molecule has 0 aliphatic carbocycles. The van der Waals surface area contributed by atoms with Crippen LogP contribution in [0.3, 0.4) is 0 Å². The van der Waals surface area contributed by atoms with Crippen LogP contribution in [0.25, 0.3) is 0 Å². The molecule has 0 saturated heterocycles. The van der Waals surface area contributed by atoms with Crippen LogP contribution in [0, 0.1) is 0 Å². The molecule has 16 heavy (non-hydrogen) atoms. The first-order valence-electron chi connectivity index (χ1n) is 5.19. The number of hydrogen-bond donors (Lipinski definition) is 3. The molecule has 5 nitrogen and oxygen atoms in total. The summed E-state index contributed by atoms with van der Waals surface area (Å²) in [4.78, 5) is 22.7. The minimum Gasteiger partial charge on any atom is -0.369 e. The zero-order valence-corrected chi connectivity index (χ0v) is 9.81. The van der Waals surface area contributed by atoms with E-state index in [0.717, 1.165) is 5.57 Å². The zero-order chi connectivity index (χ0) is 12.1. The molecule has 0 spiro atoms. The number of allylic oxidation sites excluding steroid dienone is 2. The predicted molar refractivity (Wildman–Crippen MR) is 61.0 cm³/mol. The molecule has 1 rings (SSSR count). The van der Waals surface area contributed by atoms with Crippen LogP contribution >= 0.6 is 0 Å². The molecule has 5 heteroatoms. The molecule has 0 aromatic rings. The van der Waals surface area contributed by atoms with Crippen molar-refractivity contribution in [3.8, 4) is 0 Å². The summed E-state index contributed by atoms with van der Waals surface area (Å²) in [5.74, 6) is 0.235. The van der Waals surface area contributed by atoms with Crippen molar-refractivity contribution in [3.05, 3.63) is 23.3 Å². The van der Waals surface area contributed by atoms with Crippen molar-refractivity contribution in [2.24, 2.45) is 0 Å². The van der Waals surface area contributed by atoms with Gasteiger partial charge in [0, 0.05) is 26.1 Å². The number of carbonyl (C=O) groups excluding carboxylic acids is 2. The van der Waals surface area contributed by atoms with Crippen molar-refractivity contribution in [2.45, 2.75) is 27.2 Å². The van der Waals surface area contributed by atoms with Crippen LogP contribution in [0.5, 0.6) is 0 Å². The van der Waals surface area contributed by atoms with Crippen molar-refractivity contribution >= 4 is 11.7 Å². The highest BCUT2D eigenvalue weighted by Gasteiger charge is 2.17. The summed E-state index contributed by atoms with van der Waals surface area (Å²) < 4.78 is 0. The average Bonchev–Trinajstić information content (AvgIpc) is 2.37. The number of Topliss-reactive ketones (excluding diaryl/α,β-unsaturated/α-hetero) is 1. The van der Waals surface area contributed by atoms with Crippen LogP contribution in [-0.2, 0) is 9.59 Å². The monoisotopic (exact) mass is 223 g/mol. The second-order valence-electron chi connectivity index (χ2n) is 3.90. The molecule has 0 aromatic heterocycles. The molecule has 0 saturated carbocycles. The highest BCUT2D eigenvalue weighted by Crippen LogP contribution is 2.02. The quantitative estimate of drug-likeness (QED) is 0.646. The fourth-order valence-electron chi connectivity index (χ4n) is 1.26. The number of nitrogens with one attached hydrogen (secondary N) is 3. The van der Waals surface area contributed by atoms with Crippen molar-refractivity contribution in [2.75, 3.05) is 6.54 Å². The van der Waals surface area contributed by atoms with Crippen molar-refractivity contribution < 1.29 is 9.59 Å². The maximum atomic E-state index is 11.4. The fraction of sp³-hybridized carbons (Fsp3) is 0.455. The smallest absolute Gasteiger partial charge is 0.226 e. The van der Waals surface area contributed by atoms with E-state index in [0.29, 0.717) is 24.5 Å². The second kappa shape index (κ2) is 5.34. The van der Waals surface area contributed by atoms with Crippen LogP contribution in [0.1, 0.15) is 27.2 Å². The Morgan fingerprint density at radius 3 is 2.62 bits per heavy atom. The first-order valence-corrected chi connectivity index (χ1v) is 5.19. The Balaban J connectivity index is 2.94. The van der Waals surface area contributed by atoms with Crippen LogP contribution in [0.15, 0.2) is 23.3 Å². The first-order chi connectivity index (χ1) is 7.50. The fourth-order valence-corrected chi connectivity index (χ4v) is 1.26. The number of amides is 1. The van der Waals surface area contributed by atoms with Gasteiger partial charge in [0.2, 0.25) is 5.91 Å². The number of carbonyl (C=O) groups is 2. The Hall–Kier alpha value is -1.78. The lowest BCUT2D eigenvalue weighted by Gasteiger charge is -2.11. The van der Waals surface area contributed by atoms with Gasteiger partial charge in [-0.2, -0.15) is 0 Å². The van der Waals surface area contributed by atoms with Gasteiger partial charge >= 0.3 is 0 Å². The lowest BCUT2D eigenvalue weighted by atomic mass is 10.3. The van der Waals surface area contributed by atoms with E-state index in [9.17, 15) is 9.59 Å². The summed E-state index contributed by atoms with van der Waals surface area (Å²) in [5.41, 5.74) is 1.37. The van der Waals surface area contributed by atoms with Gasteiger partial charge in [0.05, 0.1) is 0 Å². The molecule has 1 aliphatic heterocycles. The highest BCUT2D eigenvalue weighted by molar-refractivity contribution is 5.98. The Morgan fingerprint density at radius 1 is 1.38 bits per heavy atom. The van der Waals surface area contributed by atoms with E-state index in [1.165, 1.54) is 6.92 Å². The summed E-state index contributed by atoms with van der Waals surface area (Å²) in [5, 5.41) is 8.59. The average molecular weight is 223 g/mol. The van der Waals surface area contributed by atoms with E-state index in [1.54, 1.807) is 6.20 Å². The summed E-state index contributed by atoms with van der Waals surface area (Å²) in [6, 6.07) is 0. The van der Waals surface area contributed by atoms with Crippen LogP contribution in [0.2, 0.25) is 0 Å². The van der Waals surface area contributed by atoms with Gasteiger partial charge in [-0.25, -0.2) is 0 Å². The van der Waals surface area contributed by atoms with E-state index in [2.05, 4.69) is 16.0 Å². The van der Waals surface area contributed by atoms with E-state index >= 15 is 0 Å². The first kappa shape index (κ1) is 12.3. The van der Waals surface area contributed by atoms with Gasteiger partial charge in [0.15, 0.2) is 5.78 Å². The molecule has 0 aromatic carbocycles. The summed E-state index contributed by atoms with van der Waals surface area (Å²) in [7, 11) is 0. The molecule has 0 radical (unpaired) electrons. The van der Waals surface area contributed by atoms with E-state index in [-0.39, 0.29) is 11.7 Å². The summed E-state index contributed by atoms with van der Waals surface area (Å²) in [6.07, 6.45) is 2.14. The molecule has 0 bridgehead atoms. The molecule has 0 unspecified atom stereocenters. The van der Waals surface area contributed by atoms with Crippen molar-refractivity contribution in [1.29, 1.82) is 0 Å². The summed E-state index contributed by atoms with van der Waals surface area (Å²) in [6.45, 7) is 5.82. The Labute approximate surface area is 95.0 Å². The Morgan fingerprint density at radius 2 is 2.06 bits per heavy atom. The molecule has 88 valence electrons. The molecule has 1 amide bonds. The topological polar surface area (TPSA) is 70.2 Å². The SMILES string of the molecule is CC(=O)C1=C(NC=C(C)C)NCCC(=O)N1. The molecule has 3 N–H and O–H groups in total. The lowest BCUT2D eigenvalue weighted by molar-refractivity contribution is -0.122. The second-order valence-corrected chi connectivity index (χ2v) is 3.90. The number of ketones is 1. The minimum atomic E-state index is -0.174. The van der Waals surface area contributed by atoms with Gasteiger partial charge in [-0.1, -0.05) is 5.57 Å². The van der Waals surface area contributed by atoms with Gasteiger partial charge in [0.1, 0.15) is 11.5 Å². The van der Waals surface area contributed by atoms with Gasteiger partial charge < -0.3 is 16.0 Å². The molecular weight excluding hydrogens is 206 g/mol. The van der Waals surface area contributed by atoms with Gasteiger partial charge in [0.25, 0.3) is 0 Å². The third kappa shape index (κ3) is 3.42. The standard InChI is InChI=1S/C11H17N3O2/c1-7(2)6-13-11-10(8(3)15)14-9(16)4-5-12-11/h6,12-13H,4-5H2,1-3H3,(H,14,16). The normalized spacial score (nSPS) is 15.8. The Kier molecular flexibility index (Phi) is 4.10. The van der Waals surface area contributed by atoms with E-state index in [1.807, 2.05) is 13.8 Å². The van der Waals surface area contributed by atoms with E-state index < -0.39 is 0 Å². The lowest BCUT2D eigenvalue weighted by Crippen LogP contribution is -2.30. The maximum Gasteiger partial charge on any atom is 0.226 e. The Bertz CT molecular complexity index is 365. The zero-order valence-electron chi connectivity index (χ0n) is 9.81. The molecule has 0 fully saturated rings. The van der Waals surface area contributed by atoms with Gasteiger partial charge in [-0.15, -0.1) is 0 Å². The van der Waals surface area contributed by atoms with Crippen molar-refractivity contribution in [1.82, 2.24) is 16.0 Å². The maximum absolute atomic E-state index is 11.4. The van der Waals surface area contributed by atoms with Gasteiger partial charge in [-0.05, 0) is 13.8 Å². The largest absolute Gasteiger partial charge is 0.369 e. The number of hydrogen-bond acceptors (Lipinski definition) is 4. The third-order valence-corrected chi connectivity index (χ3v) is 2.03. The number of rotatable bonds is 3. The molecule has 0 atom stereocenters. The molecule has 1 heterocycles. The van der Waals surface area contributed by atoms with Crippen molar-refractivity contribution in [3.63, 3.8) is 0 Å². The molecular formula is C11H17N3O2.